The van der Waals surface area contributed by atoms with Crippen molar-refractivity contribution in [2.75, 3.05) is 0 Å². The Morgan fingerprint density at radius 1 is 1.20 bits per heavy atom. The number of halogens is 1. The lowest BCUT2D eigenvalue weighted by molar-refractivity contribution is -0.124. The van der Waals surface area contributed by atoms with Gasteiger partial charge in [0, 0.05) is 10.7 Å². The van der Waals surface area contributed by atoms with Gasteiger partial charge in [-0.1, -0.05) is 54.0 Å². The van der Waals surface area contributed by atoms with Crippen LogP contribution in [-0.4, -0.2) is 5.78 Å². The lowest BCUT2D eigenvalue weighted by atomic mass is 9.82. The molecule has 2 heteroatoms. The Morgan fingerprint density at radius 2 is 1.67 bits per heavy atom. The lowest BCUT2D eigenvalue weighted by Gasteiger charge is -2.21. The fourth-order valence-electron chi connectivity index (χ4n) is 1.38. The predicted octanol–water partition coefficient (Wildman–Crippen LogP) is 3.74. The van der Waals surface area contributed by atoms with Gasteiger partial charge in [0.2, 0.25) is 0 Å². The average molecular weight is 269 g/mol. The molecular weight excluding hydrogens is 252 g/mol. The van der Waals surface area contributed by atoms with Crippen LogP contribution in [-0.2, 0) is 16.5 Å². The van der Waals surface area contributed by atoms with Gasteiger partial charge in [0.25, 0.3) is 0 Å². The van der Waals surface area contributed by atoms with Crippen molar-refractivity contribution >= 4 is 21.7 Å². The molecule has 0 aromatic heterocycles. The van der Waals surface area contributed by atoms with Crippen molar-refractivity contribution in [3.8, 4) is 0 Å². The molecule has 0 aliphatic rings. The molecule has 0 aliphatic heterocycles. The molecule has 1 rings (SSSR count). The smallest absolute Gasteiger partial charge is 0.135 e. The third kappa shape index (κ3) is 3.45. The van der Waals surface area contributed by atoms with Crippen LogP contribution < -0.4 is 0 Å². The van der Waals surface area contributed by atoms with Crippen molar-refractivity contribution in [1.82, 2.24) is 0 Å². The van der Waals surface area contributed by atoms with Crippen LogP contribution in [0.3, 0.4) is 0 Å². The molecule has 1 nitrogen and oxygen atoms in total. The molecular formula is C13H17BrO. The van der Waals surface area contributed by atoms with Gasteiger partial charge in [0.1, 0.15) is 5.78 Å². The van der Waals surface area contributed by atoms with Gasteiger partial charge in [-0.15, -0.1) is 0 Å². The number of carbonyl (C=O) groups is 1. The SMILES string of the molecule is CC(=O)C(C)(C)Cc1ccc(CBr)cc1. The van der Waals surface area contributed by atoms with Gasteiger partial charge in [-0.2, -0.15) is 0 Å². The average Bonchev–Trinajstić information content (AvgIpc) is 2.18. The lowest BCUT2D eigenvalue weighted by Crippen LogP contribution is -2.24. The first-order valence-corrected chi connectivity index (χ1v) is 6.22. The molecule has 0 radical (unpaired) electrons. The summed E-state index contributed by atoms with van der Waals surface area (Å²) in [6, 6.07) is 8.39. The molecule has 0 atom stereocenters. The van der Waals surface area contributed by atoms with Gasteiger partial charge >= 0.3 is 0 Å². The molecule has 0 aliphatic carbocycles. The van der Waals surface area contributed by atoms with E-state index in [2.05, 4.69) is 40.2 Å². The van der Waals surface area contributed by atoms with E-state index in [1.165, 1.54) is 11.1 Å². The van der Waals surface area contributed by atoms with Gasteiger partial charge in [-0.05, 0) is 24.5 Å². The Hall–Kier alpha value is -0.630. The van der Waals surface area contributed by atoms with Crippen LogP contribution in [0.5, 0.6) is 0 Å². The van der Waals surface area contributed by atoms with E-state index in [4.69, 9.17) is 0 Å². The Morgan fingerprint density at radius 3 is 2.07 bits per heavy atom. The molecule has 0 saturated carbocycles. The van der Waals surface area contributed by atoms with Crippen LogP contribution in [0.2, 0.25) is 0 Å². The van der Waals surface area contributed by atoms with Crippen molar-refractivity contribution in [3.05, 3.63) is 35.4 Å². The zero-order chi connectivity index (χ0) is 11.5. The van der Waals surface area contributed by atoms with E-state index in [1.54, 1.807) is 6.92 Å². The highest BCUT2D eigenvalue weighted by atomic mass is 79.9. The van der Waals surface area contributed by atoms with E-state index in [1.807, 2.05) is 13.8 Å². The number of ketones is 1. The zero-order valence-electron chi connectivity index (χ0n) is 9.51. The summed E-state index contributed by atoms with van der Waals surface area (Å²) in [7, 11) is 0. The maximum Gasteiger partial charge on any atom is 0.135 e. The van der Waals surface area contributed by atoms with E-state index >= 15 is 0 Å². The molecule has 1 aromatic rings. The van der Waals surface area contributed by atoms with Crippen molar-refractivity contribution in [2.45, 2.75) is 32.5 Å². The van der Waals surface area contributed by atoms with Crippen molar-refractivity contribution in [1.29, 1.82) is 0 Å². The van der Waals surface area contributed by atoms with Gasteiger partial charge < -0.3 is 0 Å². The molecule has 0 bridgehead atoms. The van der Waals surface area contributed by atoms with Crippen LogP contribution in [0, 0.1) is 5.41 Å². The maximum absolute atomic E-state index is 11.4. The van der Waals surface area contributed by atoms with Gasteiger partial charge in [-0.25, -0.2) is 0 Å². The number of hydrogen-bond acceptors (Lipinski definition) is 1. The number of hydrogen-bond donors (Lipinski definition) is 0. The first kappa shape index (κ1) is 12.4. The van der Waals surface area contributed by atoms with Crippen LogP contribution >= 0.6 is 15.9 Å². The fourth-order valence-corrected chi connectivity index (χ4v) is 1.75. The highest BCUT2D eigenvalue weighted by molar-refractivity contribution is 9.08. The monoisotopic (exact) mass is 268 g/mol. The highest BCUT2D eigenvalue weighted by Gasteiger charge is 2.23. The fraction of sp³-hybridized carbons (Fsp3) is 0.462. The number of carbonyl (C=O) groups excluding carboxylic acids is 1. The van der Waals surface area contributed by atoms with Crippen LogP contribution in [0.4, 0.5) is 0 Å². The quantitative estimate of drug-likeness (QED) is 0.761. The minimum absolute atomic E-state index is 0.243. The molecule has 1 aromatic carbocycles. The molecule has 0 saturated heterocycles. The number of rotatable bonds is 4. The predicted molar refractivity (Wildman–Crippen MR) is 67.2 cm³/mol. The Labute approximate surface area is 100 Å². The summed E-state index contributed by atoms with van der Waals surface area (Å²) < 4.78 is 0. The highest BCUT2D eigenvalue weighted by Crippen LogP contribution is 2.23. The molecule has 15 heavy (non-hydrogen) atoms. The molecule has 0 heterocycles. The topological polar surface area (TPSA) is 17.1 Å². The number of benzene rings is 1. The normalized spacial score (nSPS) is 11.5. The third-order valence-electron chi connectivity index (χ3n) is 2.78. The van der Waals surface area contributed by atoms with E-state index in [0.717, 1.165) is 11.8 Å². The molecule has 0 N–H and O–H groups in total. The summed E-state index contributed by atoms with van der Waals surface area (Å²) in [5, 5.41) is 0.878. The number of Topliss-reactive ketones (excluding diaryl/α,β-unsaturated/α-hetero) is 1. The van der Waals surface area contributed by atoms with Crippen molar-refractivity contribution in [2.24, 2.45) is 5.41 Å². The summed E-state index contributed by atoms with van der Waals surface area (Å²) in [5.41, 5.74) is 2.23. The summed E-state index contributed by atoms with van der Waals surface area (Å²) >= 11 is 3.41. The minimum atomic E-state index is -0.254. The summed E-state index contributed by atoms with van der Waals surface area (Å²) in [5.74, 6) is 0.243. The zero-order valence-corrected chi connectivity index (χ0v) is 11.1. The summed E-state index contributed by atoms with van der Waals surface area (Å²) in [6.07, 6.45) is 0.810. The maximum atomic E-state index is 11.4. The largest absolute Gasteiger partial charge is 0.299 e. The standard InChI is InChI=1S/C13H17BrO/c1-10(15)13(2,3)8-11-4-6-12(9-14)7-5-11/h4-7H,8-9H2,1-3H3. The van der Waals surface area contributed by atoms with Crippen LogP contribution in [0.25, 0.3) is 0 Å². The Balaban J connectivity index is 2.77. The molecule has 0 amide bonds. The van der Waals surface area contributed by atoms with Crippen LogP contribution in [0.1, 0.15) is 31.9 Å². The van der Waals surface area contributed by atoms with E-state index in [9.17, 15) is 4.79 Å². The Kier molecular flexibility index (Phi) is 4.09. The number of alkyl halides is 1. The third-order valence-corrected chi connectivity index (χ3v) is 3.42. The van der Waals surface area contributed by atoms with Crippen molar-refractivity contribution < 1.29 is 4.79 Å². The second-order valence-electron chi connectivity index (χ2n) is 4.57. The molecule has 0 unspecified atom stereocenters. The molecule has 0 fully saturated rings. The van der Waals surface area contributed by atoms with Crippen molar-refractivity contribution in [3.63, 3.8) is 0 Å². The second kappa shape index (κ2) is 4.93. The van der Waals surface area contributed by atoms with Gasteiger partial charge in [-0.3, -0.25) is 4.79 Å². The van der Waals surface area contributed by atoms with E-state index in [-0.39, 0.29) is 11.2 Å². The Bertz CT molecular complexity index is 338. The molecule has 0 spiro atoms. The second-order valence-corrected chi connectivity index (χ2v) is 5.13. The summed E-state index contributed by atoms with van der Waals surface area (Å²) in [4.78, 5) is 11.4. The molecule has 82 valence electrons. The summed E-state index contributed by atoms with van der Waals surface area (Å²) in [6.45, 7) is 5.65. The van der Waals surface area contributed by atoms with E-state index in [0.29, 0.717) is 0 Å². The van der Waals surface area contributed by atoms with Gasteiger partial charge in [0.15, 0.2) is 0 Å². The first-order valence-electron chi connectivity index (χ1n) is 5.10. The van der Waals surface area contributed by atoms with E-state index < -0.39 is 0 Å². The van der Waals surface area contributed by atoms with Crippen LogP contribution in [0.15, 0.2) is 24.3 Å². The first-order chi connectivity index (χ1) is 6.95. The van der Waals surface area contributed by atoms with Gasteiger partial charge in [0.05, 0.1) is 0 Å². The minimum Gasteiger partial charge on any atom is -0.299 e.